The first-order valence-electron chi connectivity index (χ1n) is 7.54. The monoisotopic (exact) mass is 401 g/mol. The first kappa shape index (κ1) is 18.2. The minimum absolute atomic E-state index is 0. The van der Waals surface area contributed by atoms with Crippen molar-refractivity contribution in [3.05, 3.63) is 40.5 Å². The topological polar surface area (TPSA) is 74.2 Å². The second kappa shape index (κ2) is 7.20. The van der Waals surface area contributed by atoms with Crippen LogP contribution in [0.1, 0.15) is 50.9 Å². The molecule has 3 rings (SSSR count). The normalized spacial score (nSPS) is 17.3. The molecule has 1 atom stereocenters. The largest absolute Gasteiger partial charge is 0.479 e. The summed E-state index contributed by atoms with van der Waals surface area (Å²) < 4.78 is 12.4. The predicted molar refractivity (Wildman–Crippen MR) is 93.6 cm³/mol. The number of ether oxygens (including phenoxy) is 1. The second-order valence-corrected chi connectivity index (χ2v) is 7.03. The van der Waals surface area contributed by atoms with Crippen molar-refractivity contribution in [1.82, 2.24) is 10.1 Å². The number of nitrogens with zero attached hydrogens (tertiary/aromatic N) is 2. The summed E-state index contributed by atoms with van der Waals surface area (Å²) in [6.07, 6.45) is 2.62. The summed E-state index contributed by atoms with van der Waals surface area (Å²) in [5.74, 6) is 2.02. The Bertz CT molecular complexity index is 658. The highest BCUT2D eigenvalue weighted by molar-refractivity contribution is 9.10. The van der Waals surface area contributed by atoms with E-state index in [1.165, 1.54) is 0 Å². The van der Waals surface area contributed by atoms with Gasteiger partial charge in [-0.2, -0.15) is 4.98 Å². The Hall–Kier alpha value is -1.11. The van der Waals surface area contributed by atoms with Crippen LogP contribution in [-0.2, 0) is 5.54 Å². The first-order valence-corrected chi connectivity index (χ1v) is 8.33. The summed E-state index contributed by atoms with van der Waals surface area (Å²) in [5.41, 5.74) is 5.84. The Morgan fingerprint density at radius 1 is 1.30 bits per heavy atom. The van der Waals surface area contributed by atoms with Gasteiger partial charge < -0.3 is 15.0 Å². The van der Waals surface area contributed by atoms with Crippen molar-refractivity contribution in [3.8, 4) is 5.75 Å². The van der Waals surface area contributed by atoms with Crippen LogP contribution in [0, 0.1) is 5.92 Å². The number of nitrogens with two attached hydrogens (primary N) is 1. The third kappa shape index (κ3) is 3.70. The van der Waals surface area contributed by atoms with Gasteiger partial charge in [-0.15, -0.1) is 12.4 Å². The van der Waals surface area contributed by atoms with Crippen molar-refractivity contribution in [2.24, 2.45) is 11.7 Å². The minimum Gasteiger partial charge on any atom is -0.479 e. The Morgan fingerprint density at radius 3 is 2.57 bits per heavy atom. The SMILES string of the molecule is CC(C)C(Oc1ccccc1Br)c1nc(C2(N)CCC2)no1.Cl. The van der Waals surface area contributed by atoms with Crippen LogP contribution in [0.2, 0.25) is 0 Å². The van der Waals surface area contributed by atoms with Crippen LogP contribution in [0.3, 0.4) is 0 Å². The van der Waals surface area contributed by atoms with Gasteiger partial charge in [-0.3, -0.25) is 0 Å². The van der Waals surface area contributed by atoms with Crippen LogP contribution in [0.25, 0.3) is 0 Å². The lowest BCUT2D eigenvalue weighted by Crippen LogP contribution is -2.44. The van der Waals surface area contributed by atoms with E-state index in [1.807, 2.05) is 24.3 Å². The molecule has 7 heteroatoms. The van der Waals surface area contributed by atoms with E-state index in [0.29, 0.717) is 11.7 Å². The molecule has 1 aromatic carbocycles. The zero-order valence-electron chi connectivity index (χ0n) is 13.2. The van der Waals surface area contributed by atoms with E-state index in [9.17, 15) is 0 Å². The molecule has 1 heterocycles. The number of aromatic nitrogens is 2. The fraction of sp³-hybridized carbons (Fsp3) is 0.500. The third-order valence-electron chi connectivity index (χ3n) is 4.07. The number of rotatable bonds is 5. The van der Waals surface area contributed by atoms with Crippen molar-refractivity contribution in [1.29, 1.82) is 0 Å². The molecule has 2 N–H and O–H groups in total. The van der Waals surface area contributed by atoms with Crippen molar-refractivity contribution < 1.29 is 9.26 Å². The fourth-order valence-corrected chi connectivity index (χ4v) is 2.86. The molecule has 0 aliphatic heterocycles. The molecule has 5 nitrogen and oxygen atoms in total. The van der Waals surface area contributed by atoms with Crippen molar-refractivity contribution >= 4 is 28.3 Å². The summed E-state index contributed by atoms with van der Waals surface area (Å²) >= 11 is 3.49. The molecule has 0 spiro atoms. The van der Waals surface area contributed by atoms with E-state index < -0.39 is 5.54 Å². The van der Waals surface area contributed by atoms with Crippen LogP contribution in [0.4, 0.5) is 0 Å². The number of halogens is 2. The lowest BCUT2D eigenvalue weighted by molar-refractivity contribution is 0.113. The van der Waals surface area contributed by atoms with Gasteiger partial charge in [0.25, 0.3) is 5.89 Å². The van der Waals surface area contributed by atoms with E-state index in [2.05, 4.69) is 39.9 Å². The average Bonchev–Trinajstić information content (AvgIpc) is 2.93. The number of benzene rings is 1. The zero-order chi connectivity index (χ0) is 15.7. The molecule has 0 saturated heterocycles. The van der Waals surface area contributed by atoms with Gasteiger partial charge in [0.2, 0.25) is 0 Å². The maximum absolute atomic E-state index is 6.26. The highest BCUT2D eigenvalue weighted by atomic mass is 79.9. The van der Waals surface area contributed by atoms with Gasteiger partial charge in [-0.1, -0.05) is 31.1 Å². The molecule has 1 fully saturated rings. The Labute approximate surface area is 150 Å². The number of hydrogen-bond acceptors (Lipinski definition) is 5. The zero-order valence-corrected chi connectivity index (χ0v) is 15.6. The molecular formula is C16H21BrClN3O2. The lowest BCUT2D eigenvalue weighted by Gasteiger charge is -2.34. The fourth-order valence-electron chi connectivity index (χ4n) is 2.48. The van der Waals surface area contributed by atoms with E-state index >= 15 is 0 Å². The Balaban J connectivity index is 0.00000192. The molecule has 2 aromatic rings. The standard InChI is InChI=1S/C16H20BrN3O2.ClH/c1-10(2)13(21-12-7-4-3-6-11(12)17)14-19-15(20-22-14)16(18)8-5-9-16;/h3-4,6-7,10,13H,5,8-9,18H2,1-2H3;1H. The summed E-state index contributed by atoms with van der Waals surface area (Å²) in [5, 5.41) is 4.07. The van der Waals surface area contributed by atoms with E-state index in [4.69, 9.17) is 15.0 Å². The summed E-state index contributed by atoms with van der Waals surface area (Å²) in [6, 6.07) is 7.73. The van der Waals surface area contributed by atoms with Crippen LogP contribution >= 0.6 is 28.3 Å². The van der Waals surface area contributed by atoms with E-state index in [-0.39, 0.29) is 24.4 Å². The van der Waals surface area contributed by atoms with Gasteiger partial charge in [0.1, 0.15) is 5.75 Å². The quantitative estimate of drug-likeness (QED) is 0.804. The van der Waals surface area contributed by atoms with Crippen molar-refractivity contribution in [2.45, 2.75) is 44.8 Å². The second-order valence-electron chi connectivity index (χ2n) is 6.18. The number of hydrogen-bond donors (Lipinski definition) is 1. The molecule has 1 saturated carbocycles. The molecule has 126 valence electrons. The molecule has 1 aromatic heterocycles. The highest BCUT2D eigenvalue weighted by Crippen LogP contribution is 2.38. The van der Waals surface area contributed by atoms with Gasteiger partial charge in [0, 0.05) is 0 Å². The first-order chi connectivity index (χ1) is 10.5. The van der Waals surface area contributed by atoms with Gasteiger partial charge in [-0.25, -0.2) is 0 Å². The van der Waals surface area contributed by atoms with Gasteiger partial charge in [0.05, 0.1) is 10.0 Å². The third-order valence-corrected chi connectivity index (χ3v) is 4.73. The maximum atomic E-state index is 6.26. The van der Waals surface area contributed by atoms with Crippen LogP contribution in [0.5, 0.6) is 5.75 Å². The van der Waals surface area contributed by atoms with Gasteiger partial charge >= 0.3 is 0 Å². The van der Waals surface area contributed by atoms with E-state index in [0.717, 1.165) is 29.5 Å². The van der Waals surface area contributed by atoms with Crippen LogP contribution in [0.15, 0.2) is 33.3 Å². The summed E-state index contributed by atoms with van der Waals surface area (Å²) in [7, 11) is 0. The smallest absolute Gasteiger partial charge is 0.268 e. The summed E-state index contributed by atoms with van der Waals surface area (Å²) in [6.45, 7) is 4.12. The maximum Gasteiger partial charge on any atom is 0.268 e. The van der Waals surface area contributed by atoms with Crippen molar-refractivity contribution in [2.75, 3.05) is 0 Å². The average molecular weight is 403 g/mol. The summed E-state index contributed by atoms with van der Waals surface area (Å²) in [4.78, 5) is 4.51. The lowest BCUT2D eigenvalue weighted by atomic mass is 9.77. The molecule has 1 unspecified atom stereocenters. The van der Waals surface area contributed by atoms with Gasteiger partial charge in [0.15, 0.2) is 11.9 Å². The molecule has 0 amide bonds. The van der Waals surface area contributed by atoms with E-state index in [1.54, 1.807) is 0 Å². The predicted octanol–water partition coefficient (Wildman–Crippen LogP) is 4.37. The Morgan fingerprint density at radius 2 is 2.00 bits per heavy atom. The van der Waals surface area contributed by atoms with Crippen molar-refractivity contribution in [3.63, 3.8) is 0 Å². The van der Waals surface area contributed by atoms with Crippen LogP contribution < -0.4 is 10.5 Å². The molecule has 1 aliphatic carbocycles. The van der Waals surface area contributed by atoms with Crippen LogP contribution in [-0.4, -0.2) is 10.1 Å². The van der Waals surface area contributed by atoms with Gasteiger partial charge in [-0.05, 0) is 53.2 Å². The molecular weight excluding hydrogens is 382 g/mol. The highest BCUT2D eigenvalue weighted by Gasteiger charge is 2.40. The minimum atomic E-state index is -0.420. The Kier molecular flexibility index (Phi) is 5.70. The molecule has 0 bridgehead atoms. The molecule has 23 heavy (non-hydrogen) atoms. The molecule has 1 aliphatic rings. The molecule has 0 radical (unpaired) electrons. The number of para-hydroxylation sites is 1.